The van der Waals surface area contributed by atoms with Crippen molar-refractivity contribution in [1.29, 1.82) is 0 Å². The Balaban J connectivity index is 1.44. The number of rotatable bonds is 3. The van der Waals surface area contributed by atoms with Crippen molar-refractivity contribution in [1.82, 2.24) is 9.80 Å². The molecule has 0 bridgehead atoms. The molecule has 1 saturated heterocycles. The zero-order valence-electron chi connectivity index (χ0n) is 19.8. The Morgan fingerprint density at radius 2 is 1.84 bits per heavy atom. The summed E-state index contributed by atoms with van der Waals surface area (Å²) in [6.07, 6.45) is 10.7. The average molecular weight is 427 g/mol. The first-order valence-electron chi connectivity index (χ1n) is 12.8. The van der Waals surface area contributed by atoms with Crippen molar-refractivity contribution in [2.24, 2.45) is 17.3 Å². The lowest BCUT2D eigenvalue weighted by Crippen LogP contribution is -2.50. The van der Waals surface area contributed by atoms with E-state index in [2.05, 4.69) is 47.9 Å². The van der Waals surface area contributed by atoms with Gasteiger partial charge in [-0.15, -0.1) is 0 Å². The molecule has 2 fully saturated rings. The monoisotopic (exact) mass is 426 g/mol. The Kier molecular flexibility index (Phi) is 7.58. The second kappa shape index (κ2) is 10.4. The number of benzene rings is 1. The van der Waals surface area contributed by atoms with E-state index in [4.69, 9.17) is 4.74 Å². The Morgan fingerprint density at radius 1 is 1.06 bits per heavy atom. The number of carbonyl (C=O) groups is 1. The molecule has 1 aromatic rings. The number of likely N-dealkylation sites (tertiary alicyclic amines) is 1. The Labute approximate surface area is 189 Å². The summed E-state index contributed by atoms with van der Waals surface area (Å²) >= 11 is 0. The van der Waals surface area contributed by atoms with Gasteiger partial charge in [0.25, 0.3) is 0 Å². The summed E-state index contributed by atoms with van der Waals surface area (Å²) in [7, 11) is 0. The van der Waals surface area contributed by atoms with Crippen LogP contribution in [0.3, 0.4) is 0 Å². The minimum Gasteiger partial charge on any atom is -0.492 e. The van der Waals surface area contributed by atoms with Gasteiger partial charge in [-0.05, 0) is 67.9 Å². The van der Waals surface area contributed by atoms with Crippen LogP contribution < -0.4 is 4.74 Å². The number of nitrogens with zero attached hydrogens (tertiary/aromatic N) is 2. The molecule has 172 valence electrons. The quantitative estimate of drug-likeness (QED) is 0.669. The van der Waals surface area contributed by atoms with Crippen molar-refractivity contribution in [3.63, 3.8) is 0 Å². The van der Waals surface area contributed by atoms with Crippen LogP contribution in [-0.4, -0.2) is 55.0 Å². The van der Waals surface area contributed by atoms with Crippen molar-refractivity contribution in [2.45, 2.75) is 71.6 Å². The molecule has 1 amide bonds. The summed E-state index contributed by atoms with van der Waals surface area (Å²) in [5.41, 5.74) is 1.71. The number of carbonyl (C=O) groups excluding carboxylic acids is 1. The standard InChI is InChI=1S/C27H42N2O2/c1-22(2)20-28-18-19-31-25-12-4-3-8-23(25)9-5-6-13-27(21-28)14-16-29(17-15-27)26(30)24-10-7-11-24/h3-4,8,12,22,24H,5-7,9-11,13-21H2,1-2H3. The van der Waals surface area contributed by atoms with Crippen LogP contribution in [0.5, 0.6) is 5.75 Å². The molecule has 0 unspecified atom stereocenters. The summed E-state index contributed by atoms with van der Waals surface area (Å²) in [4.78, 5) is 17.6. The molecule has 4 rings (SSSR count). The number of hydrogen-bond donors (Lipinski definition) is 0. The van der Waals surface area contributed by atoms with Crippen LogP contribution in [0.1, 0.15) is 70.8 Å². The number of piperidine rings is 1. The highest BCUT2D eigenvalue weighted by molar-refractivity contribution is 5.79. The fraction of sp³-hybridized carbons (Fsp3) is 0.741. The maximum atomic E-state index is 12.8. The van der Waals surface area contributed by atoms with Crippen LogP contribution in [0, 0.1) is 17.3 Å². The molecule has 3 aliphatic rings. The first-order chi connectivity index (χ1) is 15.0. The van der Waals surface area contributed by atoms with Gasteiger partial charge in [-0.2, -0.15) is 0 Å². The highest BCUT2D eigenvalue weighted by atomic mass is 16.5. The second-order valence-electron chi connectivity index (χ2n) is 10.7. The molecule has 0 radical (unpaired) electrons. The fourth-order valence-electron chi connectivity index (χ4n) is 5.78. The Hall–Kier alpha value is -1.55. The minimum atomic E-state index is 0.333. The van der Waals surface area contributed by atoms with Crippen LogP contribution in [0.4, 0.5) is 0 Å². The van der Waals surface area contributed by atoms with Gasteiger partial charge < -0.3 is 9.64 Å². The van der Waals surface area contributed by atoms with Crippen molar-refractivity contribution >= 4 is 5.91 Å². The van der Waals surface area contributed by atoms with E-state index in [0.717, 1.165) is 77.2 Å². The van der Waals surface area contributed by atoms with Crippen LogP contribution in [0.25, 0.3) is 0 Å². The number of aryl methyl sites for hydroxylation is 1. The molecule has 1 spiro atoms. The summed E-state index contributed by atoms with van der Waals surface area (Å²) in [5.74, 6) is 2.50. The number of fused-ring (bicyclic) bond motifs is 1. The molecule has 2 heterocycles. The highest BCUT2D eigenvalue weighted by Gasteiger charge is 2.39. The van der Waals surface area contributed by atoms with E-state index in [1.54, 1.807) is 0 Å². The molecule has 4 heteroatoms. The van der Waals surface area contributed by atoms with Gasteiger partial charge in [-0.1, -0.05) is 44.9 Å². The second-order valence-corrected chi connectivity index (χ2v) is 10.7. The fourth-order valence-corrected chi connectivity index (χ4v) is 5.78. The summed E-state index contributed by atoms with van der Waals surface area (Å²) in [6, 6.07) is 8.58. The molecule has 1 aromatic carbocycles. The molecule has 0 aromatic heterocycles. The summed E-state index contributed by atoms with van der Waals surface area (Å²) in [6.45, 7) is 10.6. The van der Waals surface area contributed by atoms with Gasteiger partial charge in [0, 0.05) is 38.6 Å². The van der Waals surface area contributed by atoms with E-state index in [-0.39, 0.29) is 0 Å². The lowest BCUT2D eigenvalue weighted by atomic mass is 9.73. The van der Waals surface area contributed by atoms with Gasteiger partial charge in [-0.3, -0.25) is 9.69 Å². The molecule has 1 saturated carbocycles. The van der Waals surface area contributed by atoms with Crippen molar-refractivity contribution in [3.05, 3.63) is 29.8 Å². The number of hydrogen-bond acceptors (Lipinski definition) is 3. The topological polar surface area (TPSA) is 32.8 Å². The maximum absolute atomic E-state index is 12.8. The zero-order valence-corrected chi connectivity index (χ0v) is 19.8. The van der Waals surface area contributed by atoms with Gasteiger partial charge >= 0.3 is 0 Å². The van der Waals surface area contributed by atoms with E-state index < -0.39 is 0 Å². The van der Waals surface area contributed by atoms with E-state index >= 15 is 0 Å². The minimum absolute atomic E-state index is 0.333. The van der Waals surface area contributed by atoms with Crippen molar-refractivity contribution in [3.8, 4) is 5.75 Å². The first-order valence-corrected chi connectivity index (χ1v) is 12.8. The van der Waals surface area contributed by atoms with E-state index in [9.17, 15) is 4.79 Å². The largest absolute Gasteiger partial charge is 0.492 e. The lowest BCUT2D eigenvalue weighted by Gasteiger charge is -2.46. The van der Waals surface area contributed by atoms with Crippen LogP contribution in [0.15, 0.2) is 24.3 Å². The van der Waals surface area contributed by atoms with E-state index in [1.807, 2.05) is 0 Å². The average Bonchev–Trinajstić information content (AvgIpc) is 2.70. The molecule has 0 N–H and O–H groups in total. The zero-order chi connectivity index (χ0) is 21.7. The van der Waals surface area contributed by atoms with Crippen LogP contribution in [0.2, 0.25) is 0 Å². The van der Waals surface area contributed by atoms with Gasteiger partial charge in [-0.25, -0.2) is 0 Å². The lowest BCUT2D eigenvalue weighted by molar-refractivity contribution is -0.141. The SMILES string of the molecule is CC(C)CN1CCOc2ccccc2CCCCC2(CCN(C(=O)C3CCC3)CC2)C1. The van der Waals surface area contributed by atoms with E-state index in [1.165, 1.54) is 31.2 Å². The number of para-hydroxylation sites is 1. The Morgan fingerprint density at radius 3 is 2.55 bits per heavy atom. The van der Waals surface area contributed by atoms with Gasteiger partial charge in [0.2, 0.25) is 5.91 Å². The number of ether oxygens (including phenoxy) is 1. The van der Waals surface area contributed by atoms with Gasteiger partial charge in [0.05, 0.1) is 0 Å². The molecule has 2 aliphatic heterocycles. The first kappa shape index (κ1) is 22.6. The smallest absolute Gasteiger partial charge is 0.225 e. The van der Waals surface area contributed by atoms with Crippen molar-refractivity contribution < 1.29 is 9.53 Å². The normalized spacial score (nSPS) is 23.4. The summed E-state index contributed by atoms with van der Waals surface area (Å²) in [5, 5.41) is 0. The van der Waals surface area contributed by atoms with E-state index in [0.29, 0.717) is 23.2 Å². The number of amides is 1. The van der Waals surface area contributed by atoms with Gasteiger partial charge in [0.1, 0.15) is 12.4 Å². The molecule has 31 heavy (non-hydrogen) atoms. The highest BCUT2D eigenvalue weighted by Crippen LogP contribution is 2.40. The molecule has 1 aliphatic carbocycles. The maximum Gasteiger partial charge on any atom is 0.225 e. The molecular formula is C27H42N2O2. The third-order valence-corrected chi connectivity index (χ3v) is 7.81. The Bertz CT molecular complexity index is 720. The predicted octanol–water partition coefficient (Wildman–Crippen LogP) is 5.16. The van der Waals surface area contributed by atoms with Crippen LogP contribution >= 0.6 is 0 Å². The van der Waals surface area contributed by atoms with Gasteiger partial charge in [0.15, 0.2) is 0 Å². The van der Waals surface area contributed by atoms with Crippen molar-refractivity contribution in [2.75, 3.05) is 39.3 Å². The molecule has 4 nitrogen and oxygen atoms in total. The van der Waals surface area contributed by atoms with Crippen LogP contribution in [-0.2, 0) is 11.2 Å². The predicted molar refractivity (Wildman–Crippen MR) is 126 cm³/mol. The third-order valence-electron chi connectivity index (χ3n) is 7.81. The molecule has 0 atom stereocenters. The third kappa shape index (κ3) is 5.83. The summed E-state index contributed by atoms with van der Waals surface area (Å²) < 4.78 is 6.25. The molecular weight excluding hydrogens is 384 g/mol.